The van der Waals surface area contributed by atoms with Crippen molar-refractivity contribution in [2.45, 2.75) is 18.9 Å². The van der Waals surface area contributed by atoms with Crippen LogP contribution in [0.2, 0.25) is 0 Å². The summed E-state index contributed by atoms with van der Waals surface area (Å²) in [5, 5.41) is 4.01. The van der Waals surface area contributed by atoms with E-state index in [1.54, 1.807) is 0 Å². The Morgan fingerprint density at radius 3 is 2.90 bits per heavy atom. The lowest BCUT2D eigenvalue weighted by atomic mass is 9.82. The van der Waals surface area contributed by atoms with Crippen molar-refractivity contribution in [2.24, 2.45) is 11.7 Å². The van der Waals surface area contributed by atoms with E-state index in [1.807, 2.05) is 31.3 Å². The number of primary amides is 1. The third kappa shape index (κ3) is 2.69. The summed E-state index contributed by atoms with van der Waals surface area (Å²) in [6.07, 6.45) is 3.64. The number of pyridine rings is 1. The molecule has 0 spiro atoms. The molecule has 5 heteroatoms. The van der Waals surface area contributed by atoms with Crippen molar-refractivity contribution in [3.8, 4) is 5.75 Å². The van der Waals surface area contributed by atoms with Crippen molar-refractivity contribution >= 4 is 16.8 Å². The number of nitrogens with two attached hydrogens (primary N) is 1. The zero-order valence-electron chi connectivity index (χ0n) is 12.0. The molecule has 1 aliphatic carbocycles. The van der Waals surface area contributed by atoms with E-state index in [4.69, 9.17) is 10.5 Å². The highest BCUT2D eigenvalue weighted by Crippen LogP contribution is 2.35. The van der Waals surface area contributed by atoms with Gasteiger partial charge in [0.15, 0.2) is 0 Å². The summed E-state index contributed by atoms with van der Waals surface area (Å²) in [6.45, 7) is 1.000. The maximum atomic E-state index is 11.6. The molecule has 110 valence electrons. The maximum absolute atomic E-state index is 11.6. The Labute approximate surface area is 123 Å². The van der Waals surface area contributed by atoms with Gasteiger partial charge in [0.1, 0.15) is 11.3 Å². The number of ether oxygens (including phenoxy) is 1. The summed E-state index contributed by atoms with van der Waals surface area (Å²) in [5.74, 6) is 0.709. The average Bonchev–Trinajstić information content (AvgIpc) is 2.44. The quantitative estimate of drug-likeness (QED) is 0.876. The normalized spacial score (nSPS) is 21.0. The van der Waals surface area contributed by atoms with Crippen molar-refractivity contribution in [1.29, 1.82) is 0 Å². The van der Waals surface area contributed by atoms with Crippen LogP contribution < -0.4 is 15.8 Å². The molecule has 0 bridgehead atoms. The van der Waals surface area contributed by atoms with Gasteiger partial charge >= 0.3 is 0 Å². The first-order valence-corrected chi connectivity index (χ1v) is 7.18. The molecule has 1 heterocycles. The van der Waals surface area contributed by atoms with E-state index >= 15 is 0 Å². The molecule has 0 atom stereocenters. The summed E-state index contributed by atoms with van der Waals surface area (Å²) >= 11 is 0. The van der Waals surface area contributed by atoms with Crippen LogP contribution in [0.1, 0.15) is 23.2 Å². The Morgan fingerprint density at radius 1 is 1.43 bits per heavy atom. The van der Waals surface area contributed by atoms with E-state index in [1.165, 1.54) is 6.20 Å². The second kappa shape index (κ2) is 5.69. The minimum absolute atomic E-state index is 0.146. The number of carbonyl (C=O) groups excluding carboxylic acids is 1. The molecule has 1 fully saturated rings. The largest absolute Gasteiger partial charge is 0.489 e. The zero-order chi connectivity index (χ0) is 14.8. The number of benzene rings is 1. The second-order valence-electron chi connectivity index (χ2n) is 5.52. The van der Waals surface area contributed by atoms with Gasteiger partial charge in [-0.15, -0.1) is 0 Å². The lowest BCUT2D eigenvalue weighted by Crippen LogP contribution is -2.39. The van der Waals surface area contributed by atoms with Crippen LogP contribution in [-0.2, 0) is 0 Å². The highest BCUT2D eigenvalue weighted by Gasteiger charge is 2.31. The predicted octanol–water partition coefficient (Wildman–Crippen LogP) is 1.71. The van der Waals surface area contributed by atoms with E-state index in [0.717, 1.165) is 30.3 Å². The first-order valence-electron chi connectivity index (χ1n) is 7.18. The SMILES string of the molecule is CNCC1CC(Oc2c(C(N)=O)cnc3ccccc23)C1. The second-order valence-corrected chi connectivity index (χ2v) is 5.52. The third-order valence-corrected chi connectivity index (χ3v) is 3.96. The smallest absolute Gasteiger partial charge is 0.254 e. The summed E-state index contributed by atoms with van der Waals surface area (Å²) in [5.41, 5.74) is 6.61. The number of para-hydroxylation sites is 1. The average molecular weight is 285 g/mol. The molecule has 1 aliphatic rings. The van der Waals surface area contributed by atoms with Crippen molar-refractivity contribution in [3.05, 3.63) is 36.0 Å². The number of amides is 1. The fourth-order valence-corrected chi connectivity index (χ4v) is 2.81. The Kier molecular flexibility index (Phi) is 3.75. The fourth-order valence-electron chi connectivity index (χ4n) is 2.81. The van der Waals surface area contributed by atoms with Crippen LogP contribution in [0.15, 0.2) is 30.5 Å². The summed E-state index contributed by atoms with van der Waals surface area (Å²) in [7, 11) is 1.95. The fraction of sp³-hybridized carbons (Fsp3) is 0.375. The molecule has 1 amide bonds. The molecule has 0 aliphatic heterocycles. The third-order valence-electron chi connectivity index (χ3n) is 3.96. The molecular weight excluding hydrogens is 266 g/mol. The van der Waals surface area contributed by atoms with Crippen LogP contribution in [0.5, 0.6) is 5.75 Å². The first kappa shape index (κ1) is 13.8. The van der Waals surface area contributed by atoms with Crippen LogP contribution in [0.4, 0.5) is 0 Å². The van der Waals surface area contributed by atoms with Gasteiger partial charge in [0.05, 0.1) is 11.6 Å². The van der Waals surface area contributed by atoms with Crippen molar-refractivity contribution in [3.63, 3.8) is 0 Å². The predicted molar refractivity (Wildman–Crippen MR) is 81.3 cm³/mol. The number of hydrogen-bond acceptors (Lipinski definition) is 4. The minimum Gasteiger partial charge on any atom is -0.489 e. The van der Waals surface area contributed by atoms with Crippen molar-refractivity contribution < 1.29 is 9.53 Å². The van der Waals surface area contributed by atoms with E-state index in [9.17, 15) is 4.79 Å². The Morgan fingerprint density at radius 2 is 2.19 bits per heavy atom. The molecule has 1 aromatic heterocycles. The molecule has 2 aromatic rings. The van der Waals surface area contributed by atoms with Crippen molar-refractivity contribution in [1.82, 2.24) is 10.3 Å². The van der Waals surface area contributed by atoms with Gasteiger partial charge in [-0.25, -0.2) is 0 Å². The van der Waals surface area contributed by atoms with E-state index in [2.05, 4.69) is 10.3 Å². The summed E-state index contributed by atoms with van der Waals surface area (Å²) in [4.78, 5) is 15.9. The number of carbonyl (C=O) groups is 1. The van der Waals surface area contributed by atoms with E-state index in [-0.39, 0.29) is 6.10 Å². The lowest BCUT2D eigenvalue weighted by molar-refractivity contribution is 0.0656. The molecular formula is C16H19N3O2. The number of rotatable bonds is 5. The summed E-state index contributed by atoms with van der Waals surface area (Å²) < 4.78 is 6.06. The maximum Gasteiger partial charge on any atom is 0.254 e. The number of aromatic nitrogens is 1. The Hall–Kier alpha value is -2.14. The zero-order valence-corrected chi connectivity index (χ0v) is 12.0. The van der Waals surface area contributed by atoms with Gasteiger partial charge in [0.2, 0.25) is 0 Å². The van der Waals surface area contributed by atoms with E-state index < -0.39 is 5.91 Å². The Bertz CT molecular complexity index is 666. The summed E-state index contributed by atoms with van der Waals surface area (Å²) in [6, 6.07) is 7.63. The minimum atomic E-state index is -0.505. The van der Waals surface area contributed by atoms with Crippen LogP contribution in [-0.4, -0.2) is 30.6 Å². The molecule has 0 saturated heterocycles. The molecule has 0 radical (unpaired) electrons. The van der Waals surface area contributed by atoms with Crippen LogP contribution in [0.3, 0.4) is 0 Å². The highest BCUT2D eigenvalue weighted by molar-refractivity contribution is 6.01. The molecule has 21 heavy (non-hydrogen) atoms. The lowest BCUT2D eigenvalue weighted by Gasteiger charge is -2.35. The van der Waals surface area contributed by atoms with Gasteiger partial charge < -0.3 is 15.8 Å². The van der Waals surface area contributed by atoms with E-state index in [0.29, 0.717) is 17.2 Å². The highest BCUT2D eigenvalue weighted by atomic mass is 16.5. The number of fused-ring (bicyclic) bond motifs is 1. The molecule has 3 rings (SSSR count). The topological polar surface area (TPSA) is 77.2 Å². The molecule has 3 N–H and O–H groups in total. The van der Waals surface area contributed by atoms with Gasteiger partial charge in [-0.3, -0.25) is 9.78 Å². The van der Waals surface area contributed by atoms with Gasteiger partial charge in [0, 0.05) is 11.6 Å². The molecule has 5 nitrogen and oxygen atoms in total. The van der Waals surface area contributed by atoms with Gasteiger partial charge in [-0.2, -0.15) is 0 Å². The van der Waals surface area contributed by atoms with Crippen molar-refractivity contribution in [2.75, 3.05) is 13.6 Å². The van der Waals surface area contributed by atoms with Crippen LogP contribution in [0, 0.1) is 5.92 Å². The van der Waals surface area contributed by atoms with Crippen LogP contribution >= 0.6 is 0 Å². The van der Waals surface area contributed by atoms with Gasteiger partial charge in [-0.1, -0.05) is 12.1 Å². The monoisotopic (exact) mass is 285 g/mol. The number of nitrogens with one attached hydrogen (secondary N) is 1. The van der Waals surface area contributed by atoms with Gasteiger partial charge in [0.25, 0.3) is 5.91 Å². The Balaban J connectivity index is 1.89. The van der Waals surface area contributed by atoms with Crippen LogP contribution in [0.25, 0.3) is 10.9 Å². The molecule has 1 saturated carbocycles. The van der Waals surface area contributed by atoms with Gasteiger partial charge in [-0.05, 0) is 44.5 Å². The molecule has 1 aromatic carbocycles. The number of hydrogen-bond donors (Lipinski definition) is 2. The first-order chi connectivity index (χ1) is 10.2. The standard InChI is InChI=1S/C16H19N3O2/c1-18-8-10-6-11(7-10)21-15-12-4-2-3-5-14(12)19-9-13(15)16(17)20/h2-5,9-11,18H,6-8H2,1H3,(H2,17,20). The molecule has 0 unspecified atom stereocenters. The number of nitrogens with zero attached hydrogens (tertiary/aromatic N) is 1.